The van der Waals surface area contributed by atoms with E-state index in [0.717, 1.165) is 11.4 Å². The van der Waals surface area contributed by atoms with E-state index in [0.29, 0.717) is 0 Å². The SMILES string of the molecule is NC(=O)CNC(=O)CCC(=O)N(c1ccccc1)c1ccccc1. The molecule has 3 amide bonds. The zero-order chi connectivity index (χ0) is 17.4. The quantitative estimate of drug-likeness (QED) is 0.812. The Hall–Kier alpha value is -3.15. The standard InChI is InChI=1S/C18H19N3O3/c19-16(22)13-20-17(23)11-12-18(24)21(14-7-3-1-4-8-14)15-9-5-2-6-10-15/h1-10H,11-13H2,(H2,19,22)(H,20,23). The summed E-state index contributed by atoms with van der Waals surface area (Å²) in [6.07, 6.45) is 0.0106. The van der Waals surface area contributed by atoms with E-state index < -0.39 is 5.91 Å². The van der Waals surface area contributed by atoms with Crippen molar-refractivity contribution in [3.05, 3.63) is 60.7 Å². The first-order valence-corrected chi connectivity index (χ1v) is 7.56. The highest BCUT2D eigenvalue weighted by atomic mass is 16.2. The molecule has 0 aromatic heterocycles. The molecule has 0 atom stereocenters. The van der Waals surface area contributed by atoms with Gasteiger partial charge in [0.1, 0.15) is 0 Å². The average molecular weight is 325 g/mol. The van der Waals surface area contributed by atoms with Crippen LogP contribution in [0.2, 0.25) is 0 Å². The predicted molar refractivity (Wildman–Crippen MR) is 91.5 cm³/mol. The molecule has 124 valence electrons. The Morgan fingerprint density at radius 2 is 1.33 bits per heavy atom. The summed E-state index contributed by atoms with van der Waals surface area (Å²) in [6.45, 7) is -0.228. The Morgan fingerprint density at radius 1 is 0.833 bits per heavy atom. The van der Waals surface area contributed by atoms with Gasteiger partial charge in [-0.25, -0.2) is 0 Å². The van der Waals surface area contributed by atoms with E-state index in [4.69, 9.17) is 5.73 Å². The zero-order valence-electron chi connectivity index (χ0n) is 13.1. The maximum atomic E-state index is 12.6. The number of carbonyl (C=O) groups is 3. The lowest BCUT2D eigenvalue weighted by molar-refractivity contribution is -0.126. The molecule has 0 unspecified atom stereocenters. The smallest absolute Gasteiger partial charge is 0.236 e. The molecule has 0 fully saturated rings. The van der Waals surface area contributed by atoms with Crippen LogP contribution >= 0.6 is 0 Å². The number of para-hydroxylation sites is 2. The summed E-state index contributed by atoms with van der Waals surface area (Å²) in [5, 5.41) is 2.37. The fourth-order valence-electron chi connectivity index (χ4n) is 2.20. The van der Waals surface area contributed by atoms with Crippen molar-refractivity contribution in [2.24, 2.45) is 5.73 Å². The monoisotopic (exact) mass is 325 g/mol. The highest BCUT2D eigenvalue weighted by molar-refractivity contribution is 6.01. The van der Waals surface area contributed by atoms with Gasteiger partial charge < -0.3 is 11.1 Å². The molecule has 0 radical (unpaired) electrons. The van der Waals surface area contributed by atoms with Crippen LogP contribution in [0.1, 0.15) is 12.8 Å². The summed E-state index contributed by atoms with van der Waals surface area (Å²) in [4.78, 5) is 36.5. The summed E-state index contributed by atoms with van der Waals surface area (Å²) in [7, 11) is 0. The molecule has 2 aromatic rings. The molecule has 0 aliphatic rings. The van der Waals surface area contributed by atoms with Crippen LogP contribution in [-0.4, -0.2) is 24.3 Å². The van der Waals surface area contributed by atoms with Gasteiger partial charge in [0, 0.05) is 24.2 Å². The lowest BCUT2D eigenvalue weighted by Crippen LogP contribution is -2.34. The van der Waals surface area contributed by atoms with E-state index in [2.05, 4.69) is 5.32 Å². The van der Waals surface area contributed by atoms with E-state index in [1.165, 1.54) is 0 Å². The van der Waals surface area contributed by atoms with Crippen LogP contribution in [0.5, 0.6) is 0 Å². The van der Waals surface area contributed by atoms with Crippen molar-refractivity contribution >= 4 is 29.1 Å². The van der Waals surface area contributed by atoms with Gasteiger partial charge in [-0.1, -0.05) is 36.4 Å². The molecule has 24 heavy (non-hydrogen) atoms. The van der Waals surface area contributed by atoms with Crippen molar-refractivity contribution in [3.63, 3.8) is 0 Å². The molecule has 0 heterocycles. The molecule has 6 heteroatoms. The van der Waals surface area contributed by atoms with Crippen molar-refractivity contribution in [1.82, 2.24) is 5.32 Å². The number of nitrogens with zero attached hydrogens (tertiary/aromatic N) is 1. The second-order valence-corrected chi connectivity index (χ2v) is 5.14. The number of anilines is 2. The minimum absolute atomic E-state index is 0.0116. The maximum Gasteiger partial charge on any atom is 0.236 e. The van der Waals surface area contributed by atoms with Crippen LogP contribution in [0.4, 0.5) is 11.4 Å². The topological polar surface area (TPSA) is 92.5 Å². The third-order valence-corrected chi connectivity index (χ3v) is 3.30. The predicted octanol–water partition coefficient (Wildman–Crippen LogP) is 1.73. The van der Waals surface area contributed by atoms with Crippen LogP contribution < -0.4 is 16.0 Å². The second kappa shape index (κ2) is 8.47. The van der Waals surface area contributed by atoms with Gasteiger partial charge in [0.2, 0.25) is 17.7 Å². The number of hydrogen-bond acceptors (Lipinski definition) is 3. The summed E-state index contributed by atoms with van der Waals surface area (Å²) >= 11 is 0. The Morgan fingerprint density at radius 3 is 1.79 bits per heavy atom. The van der Waals surface area contributed by atoms with Gasteiger partial charge in [0.05, 0.1) is 6.54 Å². The molecule has 0 spiro atoms. The van der Waals surface area contributed by atoms with Gasteiger partial charge in [0.25, 0.3) is 0 Å². The Labute approximate surface area is 140 Å². The number of rotatable bonds is 7. The highest BCUT2D eigenvalue weighted by Gasteiger charge is 2.18. The number of benzene rings is 2. The minimum atomic E-state index is -0.620. The third kappa shape index (κ3) is 4.95. The van der Waals surface area contributed by atoms with Crippen LogP contribution in [0.15, 0.2) is 60.7 Å². The number of carbonyl (C=O) groups excluding carboxylic acids is 3. The molecular weight excluding hydrogens is 306 g/mol. The molecule has 2 aromatic carbocycles. The first kappa shape index (κ1) is 17.2. The number of primary amides is 1. The first-order chi connectivity index (χ1) is 11.6. The van der Waals surface area contributed by atoms with Gasteiger partial charge >= 0.3 is 0 Å². The number of amides is 3. The minimum Gasteiger partial charge on any atom is -0.368 e. The van der Waals surface area contributed by atoms with Crippen LogP contribution in [0.25, 0.3) is 0 Å². The number of hydrogen-bond donors (Lipinski definition) is 2. The van der Waals surface area contributed by atoms with E-state index in [1.807, 2.05) is 60.7 Å². The van der Waals surface area contributed by atoms with E-state index in [-0.39, 0.29) is 31.2 Å². The molecule has 6 nitrogen and oxygen atoms in total. The van der Waals surface area contributed by atoms with Crippen molar-refractivity contribution in [1.29, 1.82) is 0 Å². The Kier molecular flexibility index (Phi) is 6.08. The van der Waals surface area contributed by atoms with E-state index in [9.17, 15) is 14.4 Å². The van der Waals surface area contributed by atoms with Crippen LogP contribution in [-0.2, 0) is 14.4 Å². The van der Waals surface area contributed by atoms with E-state index in [1.54, 1.807) is 4.90 Å². The lowest BCUT2D eigenvalue weighted by atomic mass is 10.2. The van der Waals surface area contributed by atoms with E-state index >= 15 is 0 Å². The summed E-state index contributed by atoms with van der Waals surface area (Å²) in [5.74, 6) is -1.21. The molecule has 2 rings (SSSR count). The van der Waals surface area contributed by atoms with Crippen molar-refractivity contribution in [3.8, 4) is 0 Å². The first-order valence-electron chi connectivity index (χ1n) is 7.56. The molecule has 3 N–H and O–H groups in total. The normalized spacial score (nSPS) is 10.0. The summed E-state index contributed by atoms with van der Waals surface area (Å²) in [5.41, 5.74) is 6.42. The number of nitrogens with two attached hydrogens (primary N) is 1. The molecular formula is C18H19N3O3. The molecule has 0 saturated heterocycles. The van der Waals surface area contributed by atoms with Crippen molar-refractivity contribution < 1.29 is 14.4 Å². The average Bonchev–Trinajstić information content (AvgIpc) is 2.60. The largest absolute Gasteiger partial charge is 0.368 e. The van der Waals surface area contributed by atoms with Gasteiger partial charge in [-0.2, -0.15) is 0 Å². The lowest BCUT2D eigenvalue weighted by Gasteiger charge is -2.23. The molecule has 0 bridgehead atoms. The fourth-order valence-corrected chi connectivity index (χ4v) is 2.20. The molecule has 0 aliphatic carbocycles. The van der Waals surface area contributed by atoms with Gasteiger partial charge in [-0.15, -0.1) is 0 Å². The van der Waals surface area contributed by atoms with Gasteiger partial charge in [-0.3, -0.25) is 19.3 Å². The van der Waals surface area contributed by atoms with Crippen LogP contribution in [0, 0.1) is 0 Å². The molecule has 0 aliphatic heterocycles. The number of nitrogens with one attached hydrogen (secondary N) is 1. The summed E-state index contributed by atoms with van der Waals surface area (Å²) < 4.78 is 0. The third-order valence-electron chi connectivity index (χ3n) is 3.30. The highest BCUT2D eigenvalue weighted by Crippen LogP contribution is 2.26. The fraction of sp³-hybridized carbons (Fsp3) is 0.167. The van der Waals surface area contributed by atoms with Crippen LogP contribution in [0.3, 0.4) is 0 Å². The molecule has 0 saturated carbocycles. The second-order valence-electron chi connectivity index (χ2n) is 5.14. The van der Waals surface area contributed by atoms with Crippen molar-refractivity contribution in [2.45, 2.75) is 12.8 Å². The van der Waals surface area contributed by atoms with Crippen molar-refractivity contribution in [2.75, 3.05) is 11.4 Å². The zero-order valence-corrected chi connectivity index (χ0v) is 13.1. The van der Waals surface area contributed by atoms with Gasteiger partial charge in [0.15, 0.2) is 0 Å². The Balaban J connectivity index is 2.09. The maximum absolute atomic E-state index is 12.6. The summed E-state index contributed by atoms with van der Waals surface area (Å²) in [6, 6.07) is 18.4. The Bertz CT molecular complexity index is 662. The van der Waals surface area contributed by atoms with Gasteiger partial charge in [-0.05, 0) is 24.3 Å².